The van der Waals surface area contributed by atoms with Gasteiger partial charge in [-0.05, 0) is 32.2 Å². The van der Waals surface area contributed by atoms with E-state index in [-0.39, 0.29) is 18.3 Å². The molecule has 1 amide bonds. The van der Waals surface area contributed by atoms with Crippen LogP contribution in [0.1, 0.15) is 33.1 Å². The van der Waals surface area contributed by atoms with Crippen molar-refractivity contribution in [3.8, 4) is 0 Å². The molecule has 5 heteroatoms. The average molecular weight is 265 g/mol. The van der Waals surface area contributed by atoms with Crippen LogP contribution in [0.4, 0.5) is 0 Å². The van der Waals surface area contributed by atoms with Crippen molar-refractivity contribution in [3.63, 3.8) is 0 Å². The van der Waals surface area contributed by atoms with Gasteiger partial charge >= 0.3 is 0 Å². The predicted molar refractivity (Wildman–Crippen MR) is 71.5 cm³/mol. The maximum absolute atomic E-state index is 11.4. The summed E-state index contributed by atoms with van der Waals surface area (Å²) in [5.41, 5.74) is 0. The van der Waals surface area contributed by atoms with Crippen molar-refractivity contribution >= 4 is 18.3 Å². The van der Waals surface area contributed by atoms with E-state index < -0.39 is 0 Å². The monoisotopic (exact) mass is 264 g/mol. The van der Waals surface area contributed by atoms with Gasteiger partial charge in [0, 0.05) is 12.6 Å². The van der Waals surface area contributed by atoms with Gasteiger partial charge in [0.15, 0.2) is 0 Å². The maximum atomic E-state index is 11.4. The van der Waals surface area contributed by atoms with Gasteiger partial charge in [-0.2, -0.15) is 0 Å². The first-order valence-electron chi connectivity index (χ1n) is 6.17. The third kappa shape index (κ3) is 6.86. The van der Waals surface area contributed by atoms with Crippen LogP contribution in [0, 0.1) is 5.92 Å². The van der Waals surface area contributed by atoms with E-state index in [1.165, 1.54) is 0 Å². The lowest BCUT2D eigenvalue weighted by Gasteiger charge is -2.31. The zero-order valence-corrected chi connectivity index (χ0v) is 11.8. The van der Waals surface area contributed by atoms with Crippen molar-refractivity contribution in [1.82, 2.24) is 10.6 Å². The molecule has 0 bridgehead atoms. The van der Waals surface area contributed by atoms with Gasteiger partial charge < -0.3 is 15.4 Å². The Labute approximate surface area is 110 Å². The molecule has 2 N–H and O–H groups in total. The highest BCUT2D eigenvalue weighted by Gasteiger charge is 2.24. The lowest BCUT2D eigenvalue weighted by molar-refractivity contribution is -0.122. The number of likely N-dealkylation sites (N-methyl/N-ethyl adjacent to an activating group) is 1. The second kappa shape index (κ2) is 8.72. The highest BCUT2D eigenvalue weighted by molar-refractivity contribution is 5.85. The van der Waals surface area contributed by atoms with E-state index in [2.05, 4.69) is 24.5 Å². The molecule has 1 aliphatic rings. The topological polar surface area (TPSA) is 50.4 Å². The van der Waals surface area contributed by atoms with Crippen molar-refractivity contribution in [1.29, 1.82) is 0 Å². The molecule has 1 aliphatic heterocycles. The first-order chi connectivity index (χ1) is 7.61. The first-order valence-corrected chi connectivity index (χ1v) is 6.17. The van der Waals surface area contributed by atoms with Crippen LogP contribution in [0.15, 0.2) is 0 Å². The van der Waals surface area contributed by atoms with Gasteiger partial charge in [0.1, 0.15) is 0 Å². The summed E-state index contributed by atoms with van der Waals surface area (Å²) in [4.78, 5) is 11.4. The van der Waals surface area contributed by atoms with Crippen molar-refractivity contribution in [2.24, 2.45) is 5.92 Å². The van der Waals surface area contributed by atoms with E-state index >= 15 is 0 Å². The maximum Gasteiger partial charge on any atom is 0.234 e. The molecule has 2 unspecified atom stereocenters. The Kier molecular flexibility index (Phi) is 8.56. The zero-order chi connectivity index (χ0) is 12.0. The molecule has 4 nitrogen and oxygen atoms in total. The molecule has 1 fully saturated rings. The lowest BCUT2D eigenvalue weighted by atomic mass is 9.96. The highest BCUT2D eigenvalue weighted by atomic mass is 35.5. The zero-order valence-electron chi connectivity index (χ0n) is 11.0. The molecule has 0 aliphatic carbocycles. The normalized spacial score (nSPS) is 24.2. The fourth-order valence-corrected chi connectivity index (χ4v) is 2.14. The Morgan fingerprint density at radius 1 is 1.47 bits per heavy atom. The lowest BCUT2D eigenvalue weighted by Crippen LogP contribution is -2.44. The minimum Gasteiger partial charge on any atom is -0.378 e. The number of hydrogen-bond acceptors (Lipinski definition) is 3. The highest BCUT2D eigenvalue weighted by Crippen LogP contribution is 2.19. The van der Waals surface area contributed by atoms with E-state index in [9.17, 15) is 4.79 Å². The van der Waals surface area contributed by atoms with Crippen molar-refractivity contribution in [2.75, 3.05) is 20.2 Å². The molecule has 0 saturated carbocycles. The van der Waals surface area contributed by atoms with Crippen LogP contribution in [0.3, 0.4) is 0 Å². The van der Waals surface area contributed by atoms with E-state index in [1.807, 2.05) is 0 Å². The molecular weight excluding hydrogens is 240 g/mol. The van der Waals surface area contributed by atoms with E-state index in [4.69, 9.17) is 4.74 Å². The Balaban J connectivity index is 0.00000256. The number of halogens is 1. The number of amides is 1. The van der Waals surface area contributed by atoms with Gasteiger partial charge in [0.2, 0.25) is 5.91 Å². The Morgan fingerprint density at radius 3 is 2.76 bits per heavy atom. The minimum absolute atomic E-state index is 0. The second-order valence-corrected chi connectivity index (χ2v) is 4.94. The number of ether oxygens (including phenoxy) is 1. The standard InChI is InChI=1S/C12H24N2O2.ClH/c1-9(2)6-11-7-10(4-5-16-11)14-12(15)8-13-3;/h9-11,13H,4-8H2,1-3H3,(H,14,15);1H. The summed E-state index contributed by atoms with van der Waals surface area (Å²) in [7, 11) is 1.78. The van der Waals surface area contributed by atoms with E-state index in [0.29, 0.717) is 24.6 Å². The molecule has 0 aromatic heterocycles. The number of carbonyl (C=O) groups excluding carboxylic acids is 1. The third-order valence-electron chi connectivity index (χ3n) is 2.80. The van der Waals surface area contributed by atoms with Crippen LogP contribution < -0.4 is 10.6 Å². The van der Waals surface area contributed by atoms with Crippen molar-refractivity contribution < 1.29 is 9.53 Å². The molecule has 0 aromatic rings. The molecule has 102 valence electrons. The Bertz CT molecular complexity index is 225. The molecule has 0 aromatic carbocycles. The minimum atomic E-state index is 0. The summed E-state index contributed by atoms with van der Waals surface area (Å²) in [5, 5.41) is 5.90. The van der Waals surface area contributed by atoms with Gasteiger partial charge in [-0.15, -0.1) is 12.4 Å². The van der Waals surface area contributed by atoms with Crippen LogP contribution >= 0.6 is 12.4 Å². The number of hydrogen-bond donors (Lipinski definition) is 2. The molecule has 17 heavy (non-hydrogen) atoms. The molecule has 2 atom stereocenters. The number of nitrogens with one attached hydrogen (secondary N) is 2. The molecule has 0 spiro atoms. The summed E-state index contributed by atoms with van der Waals surface area (Å²) in [6.45, 7) is 5.56. The first kappa shape index (κ1) is 16.7. The van der Waals surface area contributed by atoms with Crippen LogP contribution in [0.5, 0.6) is 0 Å². The van der Waals surface area contributed by atoms with Gasteiger partial charge in [-0.1, -0.05) is 13.8 Å². The quantitative estimate of drug-likeness (QED) is 0.788. The van der Waals surface area contributed by atoms with Crippen molar-refractivity contribution in [3.05, 3.63) is 0 Å². The summed E-state index contributed by atoms with van der Waals surface area (Å²) < 4.78 is 5.69. The van der Waals surface area contributed by atoms with Crippen LogP contribution in [0.25, 0.3) is 0 Å². The fraction of sp³-hybridized carbons (Fsp3) is 0.917. The van der Waals surface area contributed by atoms with Crippen molar-refractivity contribution in [2.45, 2.75) is 45.3 Å². The van der Waals surface area contributed by atoms with Gasteiger partial charge in [-0.25, -0.2) is 0 Å². The van der Waals surface area contributed by atoms with E-state index in [0.717, 1.165) is 25.9 Å². The summed E-state index contributed by atoms with van der Waals surface area (Å²) >= 11 is 0. The molecule has 1 rings (SSSR count). The molecule has 0 radical (unpaired) electrons. The van der Waals surface area contributed by atoms with E-state index in [1.54, 1.807) is 7.05 Å². The smallest absolute Gasteiger partial charge is 0.234 e. The fourth-order valence-electron chi connectivity index (χ4n) is 2.14. The van der Waals surface area contributed by atoms with Gasteiger partial charge in [-0.3, -0.25) is 4.79 Å². The van der Waals surface area contributed by atoms with Gasteiger partial charge in [0.25, 0.3) is 0 Å². The summed E-state index contributed by atoms with van der Waals surface area (Å²) in [6.07, 6.45) is 3.28. The number of carbonyl (C=O) groups is 1. The third-order valence-corrected chi connectivity index (χ3v) is 2.80. The largest absolute Gasteiger partial charge is 0.378 e. The van der Waals surface area contributed by atoms with Crippen LogP contribution in [0.2, 0.25) is 0 Å². The second-order valence-electron chi connectivity index (χ2n) is 4.94. The van der Waals surface area contributed by atoms with Crippen LogP contribution in [-0.4, -0.2) is 38.3 Å². The Morgan fingerprint density at radius 2 is 2.18 bits per heavy atom. The predicted octanol–water partition coefficient (Wildman–Crippen LogP) is 1.34. The van der Waals surface area contributed by atoms with Gasteiger partial charge in [0.05, 0.1) is 12.6 Å². The Hall–Kier alpha value is -0.320. The SMILES string of the molecule is CNCC(=O)NC1CCOC(CC(C)C)C1.Cl. The summed E-state index contributed by atoms with van der Waals surface area (Å²) in [6, 6.07) is 0.290. The molecule has 1 saturated heterocycles. The average Bonchev–Trinajstić information content (AvgIpc) is 2.17. The number of rotatable bonds is 5. The molecule has 1 heterocycles. The molecular formula is C12H25ClN2O2. The summed E-state index contributed by atoms with van der Waals surface area (Å²) in [5.74, 6) is 0.731. The van der Waals surface area contributed by atoms with Crippen LogP contribution in [-0.2, 0) is 9.53 Å².